The van der Waals surface area contributed by atoms with Crippen LogP contribution in [0.1, 0.15) is 78.2 Å². The van der Waals surface area contributed by atoms with Crippen molar-refractivity contribution in [1.82, 2.24) is 0 Å². The van der Waals surface area contributed by atoms with Gasteiger partial charge in [-0.15, -0.1) is 0 Å². The first-order chi connectivity index (χ1) is 18.1. The third-order valence-corrected chi connectivity index (χ3v) is 6.86. The fourth-order valence-corrected chi connectivity index (χ4v) is 4.23. The van der Waals surface area contributed by atoms with Gasteiger partial charge < -0.3 is 14.2 Å². The first kappa shape index (κ1) is 31.7. The van der Waals surface area contributed by atoms with Crippen LogP contribution in [0, 0.1) is 23.5 Å². The zero-order valence-electron chi connectivity index (χ0n) is 23.2. The molecule has 0 N–H and O–H groups in total. The van der Waals surface area contributed by atoms with Crippen LogP contribution in [0.5, 0.6) is 5.75 Å². The van der Waals surface area contributed by atoms with Gasteiger partial charge in [0.15, 0.2) is 29.0 Å². The third-order valence-electron chi connectivity index (χ3n) is 6.86. The van der Waals surface area contributed by atoms with Crippen LogP contribution in [0.2, 0.25) is 0 Å². The first-order valence-corrected chi connectivity index (χ1v) is 13.6. The van der Waals surface area contributed by atoms with Gasteiger partial charge in [0, 0.05) is 12.2 Å². The molecule has 0 aromatic heterocycles. The van der Waals surface area contributed by atoms with Crippen LogP contribution < -0.4 is 4.74 Å². The van der Waals surface area contributed by atoms with Crippen LogP contribution in [0.25, 0.3) is 5.57 Å². The Morgan fingerprint density at radius 3 is 2.42 bits per heavy atom. The Bertz CT molecular complexity index is 1010. The summed E-state index contributed by atoms with van der Waals surface area (Å²) in [6, 6.07) is 3.03. The second-order valence-corrected chi connectivity index (χ2v) is 9.99. The fourth-order valence-electron chi connectivity index (χ4n) is 4.23. The molecule has 0 saturated carbocycles. The molecule has 1 aromatic carbocycles. The van der Waals surface area contributed by atoms with Crippen molar-refractivity contribution in [3.63, 3.8) is 0 Å². The van der Waals surface area contributed by atoms with Crippen LogP contribution in [-0.4, -0.2) is 25.9 Å². The largest absolute Gasteiger partial charge is 0.491 e. The molecule has 2 rings (SSSR count). The minimum absolute atomic E-state index is 0.0241. The number of allylic oxidation sites excluding steroid dienone is 4. The number of rotatable bonds is 16. The van der Waals surface area contributed by atoms with E-state index in [9.17, 15) is 17.6 Å². The van der Waals surface area contributed by atoms with E-state index >= 15 is 0 Å². The predicted molar refractivity (Wildman–Crippen MR) is 145 cm³/mol. The number of hydrogen-bond donors (Lipinski definition) is 0. The molecular formula is C31H42F4O3. The molecule has 1 aliphatic carbocycles. The van der Waals surface area contributed by atoms with Gasteiger partial charge >= 0.3 is 0 Å². The van der Waals surface area contributed by atoms with E-state index in [0.29, 0.717) is 25.7 Å². The number of benzene rings is 1. The Morgan fingerprint density at radius 1 is 1.05 bits per heavy atom. The Kier molecular flexibility index (Phi) is 13.1. The van der Waals surface area contributed by atoms with Crippen LogP contribution >= 0.6 is 0 Å². The number of unbranched alkanes of at least 4 members (excludes halogenated alkanes) is 1. The summed E-state index contributed by atoms with van der Waals surface area (Å²) in [6.07, 6.45) is 7.37. The van der Waals surface area contributed by atoms with Crippen molar-refractivity contribution < 1.29 is 31.8 Å². The highest BCUT2D eigenvalue weighted by molar-refractivity contribution is 5.67. The SMILES string of the molecule is C=C(OCC)/C(F)=C(/F)C(=C)C(C)CCC(C)COc1ccc(C2=CCC(OCCCC)CC2)c(F)c1F. The average molecular weight is 539 g/mol. The topological polar surface area (TPSA) is 27.7 Å². The van der Waals surface area contributed by atoms with Crippen molar-refractivity contribution in [2.45, 2.75) is 78.7 Å². The Morgan fingerprint density at radius 2 is 1.79 bits per heavy atom. The van der Waals surface area contributed by atoms with Crippen LogP contribution in [0.3, 0.4) is 0 Å². The Labute approximate surface area is 225 Å². The summed E-state index contributed by atoms with van der Waals surface area (Å²) in [5.41, 5.74) is 1.07. The predicted octanol–water partition coefficient (Wildman–Crippen LogP) is 9.41. The summed E-state index contributed by atoms with van der Waals surface area (Å²) in [5, 5.41) is 0. The highest BCUT2D eigenvalue weighted by Gasteiger charge is 2.23. The van der Waals surface area contributed by atoms with Crippen LogP contribution in [0.15, 0.2) is 54.4 Å². The maximum Gasteiger partial charge on any atom is 0.201 e. The van der Waals surface area contributed by atoms with E-state index in [-0.39, 0.29) is 53.8 Å². The summed E-state index contributed by atoms with van der Waals surface area (Å²) in [4.78, 5) is 0. The van der Waals surface area contributed by atoms with Crippen molar-refractivity contribution in [2.24, 2.45) is 11.8 Å². The molecule has 0 spiro atoms. The zero-order chi connectivity index (χ0) is 28.2. The van der Waals surface area contributed by atoms with E-state index in [1.165, 1.54) is 6.07 Å². The second-order valence-electron chi connectivity index (χ2n) is 9.99. The van der Waals surface area contributed by atoms with Gasteiger partial charge in [-0.3, -0.25) is 0 Å². The number of ether oxygens (including phenoxy) is 3. The molecule has 0 amide bonds. The van der Waals surface area contributed by atoms with Gasteiger partial charge in [-0.05, 0) is 80.6 Å². The van der Waals surface area contributed by atoms with E-state index in [2.05, 4.69) is 20.1 Å². The maximum atomic E-state index is 14.9. The monoisotopic (exact) mass is 538 g/mol. The van der Waals surface area contributed by atoms with E-state index in [1.807, 2.05) is 13.0 Å². The van der Waals surface area contributed by atoms with E-state index in [1.54, 1.807) is 19.9 Å². The average Bonchev–Trinajstić information content (AvgIpc) is 2.92. The van der Waals surface area contributed by atoms with Gasteiger partial charge in [0.05, 0.1) is 19.3 Å². The fraction of sp³-hybridized carbons (Fsp3) is 0.548. The highest BCUT2D eigenvalue weighted by atomic mass is 19.2. The summed E-state index contributed by atoms with van der Waals surface area (Å²) in [7, 11) is 0. The quantitative estimate of drug-likeness (QED) is 0.0908. The molecule has 0 radical (unpaired) electrons. The first-order valence-electron chi connectivity index (χ1n) is 13.6. The normalized spacial score (nSPS) is 17.8. The molecule has 0 aliphatic heterocycles. The van der Waals surface area contributed by atoms with E-state index < -0.39 is 23.3 Å². The van der Waals surface area contributed by atoms with Crippen LogP contribution in [0.4, 0.5) is 17.6 Å². The highest BCUT2D eigenvalue weighted by Crippen LogP contribution is 2.34. The van der Waals surface area contributed by atoms with Gasteiger partial charge in [-0.1, -0.05) is 46.4 Å². The number of hydrogen-bond acceptors (Lipinski definition) is 3. The van der Waals surface area contributed by atoms with Crippen molar-refractivity contribution in [2.75, 3.05) is 19.8 Å². The van der Waals surface area contributed by atoms with Gasteiger partial charge in [0.2, 0.25) is 5.82 Å². The van der Waals surface area contributed by atoms with Crippen molar-refractivity contribution in [1.29, 1.82) is 0 Å². The molecule has 7 heteroatoms. The van der Waals surface area contributed by atoms with E-state index in [0.717, 1.165) is 31.4 Å². The van der Waals surface area contributed by atoms with Gasteiger partial charge in [-0.2, -0.15) is 8.78 Å². The van der Waals surface area contributed by atoms with Gasteiger partial charge in [0.1, 0.15) is 0 Å². The molecule has 0 saturated heterocycles. The summed E-state index contributed by atoms with van der Waals surface area (Å²) in [5.74, 6) is -5.00. The third kappa shape index (κ3) is 9.04. The Balaban J connectivity index is 1.89. The molecule has 1 aliphatic rings. The zero-order valence-corrected chi connectivity index (χ0v) is 23.2. The Hall–Kier alpha value is -2.54. The summed E-state index contributed by atoms with van der Waals surface area (Å²) < 4.78 is 74.5. The van der Waals surface area contributed by atoms with Crippen molar-refractivity contribution in [3.8, 4) is 5.75 Å². The van der Waals surface area contributed by atoms with Crippen molar-refractivity contribution >= 4 is 5.57 Å². The lowest BCUT2D eigenvalue weighted by atomic mass is 9.91. The van der Waals surface area contributed by atoms with Gasteiger partial charge in [0.25, 0.3) is 0 Å². The lowest BCUT2D eigenvalue weighted by Gasteiger charge is -2.23. The molecule has 0 bridgehead atoms. The molecule has 38 heavy (non-hydrogen) atoms. The second kappa shape index (κ2) is 15.8. The molecule has 0 heterocycles. The lowest BCUT2D eigenvalue weighted by molar-refractivity contribution is 0.0466. The minimum Gasteiger partial charge on any atom is -0.491 e. The standard InChI is InChI=1S/C31H42F4O3/c1-7-9-18-37-25-14-12-24(13-15-25)26-16-17-27(31(35)30(26)34)38-19-20(3)10-11-21(4)22(5)28(32)29(33)23(6)36-8-2/h12,16-17,20-21,25H,5-11,13-15,18-19H2,1-4H3/b29-28-. The molecule has 3 atom stereocenters. The molecule has 1 aromatic rings. The molecule has 0 fully saturated rings. The maximum absolute atomic E-state index is 14.9. The summed E-state index contributed by atoms with van der Waals surface area (Å²) in [6.45, 7) is 15.5. The molecule has 3 nitrogen and oxygen atoms in total. The molecule has 3 unspecified atom stereocenters. The minimum atomic E-state index is -1.15. The number of halogens is 4. The van der Waals surface area contributed by atoms with Crippen molar-refractivity contribution in [3.05, 3.63) is 71.6 Å². The van der Waals surface area contributed by atoms with Gasteiger partial charge in [-0.25, -0.2) is 8.78 Å². The smallest absolute Gasteiger partial charge is 0.201 e. The molecule has 212 valence electrons. The lowest BCUT2D eigenvalue weighted by Crippen LogP contribution is -2.17. The molecular weight excluding hydrogens is 496 g/mol. The van der Waals surface area contributed by atoms with Crippen LogP contribution in [-0.2, 0) is 9.47 Å². The summed E-state index contributed by atoms with van der Waals surface area (Å²) >= 11 is 0. The van der Waals surface area contributed by atoms with E-state index in [4.69, 9.17) is 14.2 Å².